The smallest absolute Gasteiger partial charge is 0.235 e. The lowest BCUT2D eigenvalue weighted by Crippen LogP contribution is -2.00. The Kier molecular flexibility index (Phi) is 4.30. The quantitative estimate of drug-likeness (QED) is 0.422. The van der Waals surface area contributed by atoms with Gasteiger partial charge in [-0.3, -0.25) is 10.1 Å². The molecule has 1 aromatic carbocycles. The van der Waals surface area contributed by atoms with Crippen LogP contribution in [-0.4, -0.2) is 18.8 Å². The number of methoxy groups -OCH3 is 1. The molecule has 0 aliphatic carbocycles. The largest absolute Gasteiger partial charge is 0.467 e. The third-order valence-corrected chi connectivity index (χ3v) is 1.63. The maximum atomic E-state index is 10.2. The molecule has 15 heavy (non-hydrogen) atoms. The highest BCUT2D eigenvalue weighted by molar-refractivity contribution is 5.56. The zero-order valence-corrected chi connectivity index (χ0v) is 8.25. The fraction of sp³-hybridized carbons (Fsp3) is 0.200. The average Bonchev–Trinajstić information content (AvgIpc) is 2.24. The molecule has 0 aromatic heterocycles. The van der Waals surface area contributed by atoms with E-state index in [1.165, 1.54) is 13.2 Å². The zero-order valence-electron chi connectivity index (χ0n) is 8.25. The third kappa shape index (κ3) is 3.78. The maximum Gasteiger partial charge on any atom is 0.235 e. The van der Waals surface area contributed by atoms with Gasteiger partial charge in [-0.1, -0.05) is 18.2 Å². The van der Waals surface area contributed by atoms with E-state index in [9.17, 15) is 10.1 Å². The van der Waals surface area contributed by atoms with Gasteiger partial charge in [0, 0.05) is 18.7 Å². The summed E-state index contributed by atoms with van der Waals surface area (Å²) in [5.74, 6) is 0.553. The minimum absolute atomic E-state index is 0.114. The lowest BCUT2D eigenvalue weighted by molar-refractivity contribution is -0.400. The van der Waals surface area contributed by atoms with Gasteiger partial charge in [0.15, 0.2) is 6.79 Å². The molecule has 80 valence electrons. The van der Waals surface area contributed by atoms with Crippen molar-refractivity contribution in [2.24, 2.45) is 0 Å². The monoisotopic (exact) mass is 209 g/mol. The summed E-state index contributed by atoms with van der Waals surface area (Å²) in [4.78, 5) is 9.63. The van der Waals surface area contributed by atoms with Gasteiger partial charge in [-0.15, -0.1) is 0 Å². The summed E-state index contributed by atoms with van der Waals surface area (Å²) in [7, 11) is 1.51. The highest BCUT2D eigenvalue weighted by atomic mass is 16.7. The second kappa shape index (κ2) is 5.77. The Hall–Kier alpha value is -1.88. The first-order valence-corrected chi connectivity index (χ1v) is 4.26. The Morgan fingerprint density at radius 1 is 1.47 bits per heavy atom. The van der Waals surface area contributed by atoms with Crippen molar-refractivity contribution >= 4 is 6.08 Å². The van der Waals surface area contributed by atoms with E-state index in [0.29, 0.717) is 11.3 Å². The van der Waals surface area contributed by atoms with Gasteiger partial charge in [-0.2, -0.15) is 0 Å². The average molecular weight is 209 g/mol. The van der Waals surface area contributed by atoms with Crippen LogP contribution in [0.1, 0.15) is 5.56 Å². The summed E-state index contributed by atoms with van der Waals surface area (Å²) >= 11 is 0. The standard InChI is InChI=1S/C10H11NO4/c1-14-8-15-10-5-3-2-4-9(10)6-7-11(12)13/h2-7H,8H2,1H3. The van der Waals surface area contributed by atoms with Crippen molar-refractivity contribution in [3.8, 4) is 5.75 Å². The van der Waals surface area contributed by atoms with Crippen molar-refractivity contribution in [1.29, 1.82) is 0 Å². The number of hydrogen-bond donors (Lipinski definition) is 0. The first-order valence-electron chi connectivity index (χ1n) is 4.26. The van der Waals surface area contributed by atoms with Crippen LogP contribution in [0.4, 0.5) is 0 Å². The van der Waals surface area contributed by atoms with E-state index in [-0.39, 0.29) is 6.79 Å². The highest BCUT2D eigenvalue weighted by Gasteiger charge is 2.00. The second-order valence-corrected chi connectivity index (χ2v) is 2.69. The lowest BCUT2D eigenvalue weighted by Gasteiger charge is -2.06. The molecule has 0 atom stereocenters. The number of para-hydroxylation sites is 1. The van der Waals surface area contributed by atoms with Crippen LogP contribution in [-0.2, 0) is 4.74 Å². The van der Waals surface area contributed by atoms with Crippen LogP contribution in [0.5, 0.6) is 5.75 Å². The normalized spacial score (nSPS) is 10.5. The van der Waals surface area contributed by atoms with Gasteiger partial charge in [0.1, 0.15) is 5.75 Å². The van der Waals surface area contributed by atoms with E-state index in [1.54, 1.807) is 24.3 Å². The molecule has 0 N–H and O–H groups in total. The number of nitro groups is 1. The molecule has 0 saturated heterocycles. The molecule has 0 aliphatic rings. The van der Waals surface area contributed by atoms with Crippen LogP contribution in [0.25, 0.3) is 6.08 Å². The van der Waals surface area contributed by atoms with Gasteiger partial charge in [0.05, 0.1) is 4.92 Å². The molecule has 1 rings (SSSR count). The van der Waals surface area contributed by atoms with Gasteiger partial charge >= 0.3 is 0 Å². The van der Waals surface area contributed by atoms with Crippen molar-refractivity contribution in [1.82, 2.24) is 0 Å². The first kappa shape index (κ1) is 11.2. The van der Waals surface area contributed by atoms with E-state index < -0.39 is 4.92 Å². The third-order valence-electron chi connectivity index (χ3n) is 1.63. The van der Waals surface area contributed by atoms with Gasteiger partial charge in [0.2, 0.25) is 6.20 Å². The van der Waals surface area contributed by atoms with Crippen molar-refractivity contribution in [2.75, 3.05) is 13.9 Å². The molecule has 0 bridgehead atoms. The van der Waals surface area contributed by atoms with Crippen molar-refractivity contribution in [3.63, 3.8) is 0 Å². The molecule has 5 nitrogen and oxygen atoms in total. The van der Waals surface area contributed by atoms with Crippen molar-refractivity contribution in [3.05, 3.63) is 46.1 Å². The second-order valence-electron chi connectivity index (χ2n) is 2.69. The van der Waals surface area contributed by atoms with Gasteiger partial charge < -0.3 is 9.47 Å². The van der Waals surface area contributed by atoms with Crippen LogP contribution in [0.3, 0.4) is 0 Å². The molecular formula is C10H11NO4. The van der Waals surface area contributed by atoms with Crippen LogP contribution in [0, 0.1) is 10.1 Å². The summed E-state index contributed by atoms with van der Waals surface area (Å²) < 4.78 is 9.97. The first-order chi connectivity index (χ1) is 7.24. The molecule has 0 saturated carbocycles. The maximum absolute atomic E-state index is 10.2. The summed E-state index contributed by atoms with van der Waals surface area (Å²) in [5, 5.41) is 10.2. The van der Waals surface area contributed by atoms with Crippen LogP contribution in [0.15, 0.2) is 30.5 Å². The number of ether oxygens (including phenoxy) is 2. The van der Waals surface area contributed by atoms with Gasteiger partial charge in [-0.25, -0.2) is 0 Å². The molecular weight excluding hydrogens is 198 g/mol. The summed E-state index contributed by atoms with van der Waals surface area (Å²) in [5.41, 5.74) is 0.645. The predicted octanol–water partition coefficient (Wildman–Crippen LogP) is 1.92. The van der Waals surface area contributed by atoms with Crippen LogP contribution >= 0.6 is 0 Å². The van der Waals surface area contributed by atoms with Crippen LogP contribution in [0.2, 0.25) is 0 Å². The Morgan fingerprint density at radius 3 is 2.87 bits per heavy atom. The lowest BCUT2D eigenvalue weighted by atomic mass is 10.2. The molecule has 0 unspecified atom stereocenters. The predicted molar refractivity (Wildman–Crippen MR) is 55.0 cm³/mol. The Labute approximate surface area is 87.1 Å². The van der Waals surface area contributed by atoms with Gasteiger partial charge in [0.25, 0.3) is 0 Å². The number of hydrogen-bond acceptors (Lipinski definition) is 4. The van der Waals surface area contributed by atoms with Crippen LogP contribution < -0.4 is 4.74 Å². The molecule has 0 fully saturated rings. The fourth-order valence-corrected chi connectivity index (χ4v) is 1.01. The van der Waals surface area contributed by atoms with E-state index >= 15 is 0 Å². The molecule has 1 aromatic rings. The Bertz CT molecular complexity index is 362. The molecule has 0 aliphatic heterocycles. The number of nitrogens with zero attached hydrogens (tertiary/aromatic N) is 1. The van der Waals surface area contributed by atoms with E-state index in [2.05, 4.69) is 0 Å². The van der Waals surface area contributed by atoms with Gasteiger partial charge in [-0.05, 0) is 6.07 Å². The summed E-state index contributed by atoms with van der Waals surface area (Å²) in [6.45, 7) is 0.114. The van der Waals surface area contributed by atoms with E-state index in [4.69, 9.17) is 9.47 Å². The minimum atomic E-state index is -0.521. The highest BCUT2D eigenvalue weighted by Crippen LogP contribution is 2.19. The van der Waals surface area contributed by atoms with E-state index in [0.717, 1.165) is 6.20 Å². The zero-order chi connectivity index (χ0) is 11.1. The molecule has 5 heteroatoms. The molecule has 0 radical (unpaired) electrons. The molecule has 0 amide bonds. The number of rotatable bonds is 5. The van der Waals surface area contributed by atoms with Crippen molar-refractivity contribution in [2.45, 2.75) is 0 Å². The Morgan fingerprint density at radius 2 is 2.20 bits per heavy atom. The van der Waals surface area contributed by atoms with Crippen molar-refractivity contribution < 1.29 is 14.4 Å². The summed E-state index contributed by atoms with van der Waals surface area (Å²) in [6, 6.07) is 7.01. The van der Waals surface area contributed by atoms with E-state index in [1.807, 2.05) is 0 Å². The summed E-state index contributed by atoms with van der Waals surface area (Å²) in [6.07, 6.45) is 2.25. The number of benzene rings is 1. The molecule has 0 heterocycles. The minimum Gasteiger partial charge on any atom is -0.467 e. The topological polar surface area (TPSA) is 61.6 Å². The molecule has 0 spiro atoms. The SMILES string of the molecule is COCOc1ccccc1C=C[N+](=O)[O-]. The fourth-order valence-electron chi connectivity index (χ4n) is 1.01. The Balaban J connectivity index is 2.81.